The first-order valence-electron chi connectivity index (χ1n) is 3.47. The monoisotopic (exact) mass is 157 g/mol. The molecule has 0 aromatic carbocycles. The lowest BCUT2D eigenvalue weighted by atomic mass is 10.1. The number of alkyl halides is 2. The van der Waals surface area contributed by atoms with E-state index in [4.69, 9.17) is 0 Å². The summed E-state index contributed by atoms with van der Waals surface area (Å²) in [6.45, 7) is 1.84. The summed E-state index contributed by atoms with van der Waals surface area (Å²) in [7, 11) is 0. The molecule has 11 heavy (non-hydrogen) atoms. The van der Waals surface area contributed by atoms with Crippen molar-refractivity contribution in [2.45, 2.75) is 19.8 Å². The van der Waals surface area contributed by atoms with Gasteiger partial charge < -0.3 is 0 Å². The second kappa shape index (κ2) is 3.42. The van der Waals surface area contributed by atoms with Crippen LogP contribution in [0.1, 0.15) is 24.6 Å². The van der Waals surface area contributed by atoms with Gasteiger partial charge in [0.2, 0.25) is 0 Å². The van der Waals surface area contributed by atoms with Crippen LogP contribution in [-0.4, -0.2) is 4.98 Å². The van der Waals surface area contributed by atoms with Crippen molar-refractivity contribution < 1.29 is 8.78 Å². The van der Waals surface area contributed by atoms with E-state index in [9.17, 15) is 8.78 Å². The van der Waals surface area contributed by atoms with Crippen molar-refractivity contribution in [2.75, 3.05) is 0 Å². The molecule has 1 aromatic heterocycles. The standard InChI is InChI=1S/C8H9F2N/c1-2-6-4-3-5-11-7(6)8(9)10/h3-5,8H,2H2,1H3. The molecule has 0 amide bonds. The van der Waals surface area contributed by atoms with Crippen molar-refractivity contribution in [2.24, 2.45) is 0 Å². The number of aryl methyl sites for hydroxylation is 1. The van der Waals surface area contributed by atoms with Crippen LogP contribution in [0.5, 0.6) is 0 Å². The van der Waals surface area contributed by atoms with E-state index in [0.29, 0.717) is 12.0 Å². The molecule has 0 spiro atoms. The van der Waals surface area contributed by atoms with Gasteiger partial charge in [0.1, 0.15) is 5.69 Å². The molecular weight excluding hydrogens is 148 g/mol. The van der Waals surface area contributed by atoms with Gasteiger partial charge in [0, 0.05) is 6.20 Å². The van der Waals surface area contributed by atoms with Gasteiger partial charge in [-0.25, -0.2) is 8.78 Å². The van der Waals surface area contributed by atoms with Gasteiger partial charge in [0.15, 0.2) is 0 Å². The van der Waals surface area contributed by atoms with Crippen LogP contribution < -0.4 is 0 Å². The lowest BCUT2D eigenvalue weighted by molar-refractivity contribution is 0.145. The Bertz CT molecular complexity index is 235. The quantitative estimate of drug-likeness (QED) is 0.643. The maximum absolute atomic E-state index is 12.2. The van der Waals surface area contributed by atoms with Crippen molar-refractivity contribution in [3.8, 4) is 0 Å². The number of hydrogen-bond acceptors (Lipinski definition) is 1. The van der Waals surface area contributed by atoms with E-state index < -0.39 is 6.43 Å². The van der Waals surface area contributed by atoms with Crippen LogP contribution in [0.15, 0.2) is 18.3 Å². The minimum atomic E-state index is -2.45. The average molecular weight is 157 g/mol. The maximum Gasteiger partial charge on any atom is 0.280 e. The number of pyridine rings is 1. The Morgan fingerprint density at radius 2 is 2.27 bits per heavy atom. The number of rotatable bonds is 2. The lowest BCUT2D eigenvalue weighted by Gasteiger charge is -2.03. The van der Waals surface area contributed by atoms with Crippen LogP contribution in [-0.2, 0) is 6.42 Å². The smallest absolute Gasteiger partial charge is 0.255 e. The summed E-state index contributed by atoms with van der Waals surface area (Å²) in [5.74, 6) is 0. The first kappa shape index (κ1) is 8.11. The van der Waals surface area contributed by atoms with E-state index in [1.54, 1.807) is 12.1 Å². The van der Waals surface area contributed by atoms with Crippen molar-refractivity contribution in [3.05, 3.63) is 29.6 Å². The third-order valence-electron chi connectivity index (χ3n) is 1.51. The van der Waals surface area contributed by atoms with Crippen molar-refractivity contribution >= 4 is 0 Å². The molecule has 0 aliphatic rings. The SMILES string of the molecule is CCc1cccnc1C(F)F. The first-order chi connectivity index (χ1) is 5.25. The summed E-state index contributed by atoms with van der Waals surface area (Å²) in [5, 5.41) is 0. The summed E-state index contributed by atoms with van der Waals surface area (Å²) in [6.07, 6.45) is -0.458. The summed E-state index contributed by atoms with van der Waals surface area (Å²) >= 11 is 0. The van der Waals surface area contributed by atoms with Crippen molar-refractivity contribution in [1.82, 2.24) is 4.98 Å². The molecule has 0 radical (unpaired) electrons. The molecule has 1 aromatic rings. The van der Waals surface area contributed by atoms with Crippen LogP contribution in [0.4, 0.5) is 8.78 Å². The van der Waals surface area contributed by atoms with Gasteiger partial charge in [0.05, 0.1) is 0 Å². The highest BCUT2D eigenvalue weighted by Gasteiger charge is 2.11. The van der Waals surface area contributed by atoms with Gasteiger partial charge in [-0.2, -0.15) is 0 Å². The zero-order chi connectivity index (χ0) is 8.27. The fraction of sp³-hybridized carbons (Fsp3) is 0.375. The Morgan fingerprint density at radius 1 is 1.55 bits per heavy atom. The number of hydrogen-bond donors (Lipinski definition) is 0. The number of halogens is 2. The molecule has 3 heteroatoms. The van der Waals surface area contributed by atoms with E-state index in [1.165, 1.54) is 6.20 Å². The van der Waals surface area contributed by atoms with Crippen LogP contribution in [0.2, 0.25) is 0 Å². The normalized spacial score (nSPS) is 10.5. The average Bonchev–Trinajstić information content (AvgIpc) is 2.04. The Hall–Kier alpha value is -0.990. The maximum atomic E-state index is 12.2. The van der Waals surface area contributed by atoms with Crippen molar-refractivity contribution in [1.29, 1.82) is 0 Å². The van der Waals surface area contributed by atoms with E-state index in [1.807, 2.05) is 6.92 Å². The van der Waals surface area contributed by atoms with Gasteiger partial charge >= 0.3 is 0 Å². The zero-order valence-corrected chi connectivity index (χ0v) is 6.22. The Morgan fingerprint density at radius 3 is 2.73 bits per heavy atom. The fourth-order valence-corrected chi connectivity index (χ4v) is 0.946. The van der Waals surface area contributed by atoms with Crippen LogP contribution in [0.25, 0.3) is 0 Å². The predicted molar refractivity (Wildman–Crippen MR) is 38.6 cm³/mol. The topological polar surface area (TPSA) is 12.9 Å². The van der Waals surface area contributed by atoms with Gasteiger partial charge in [-0.05, 0) is 18.1 Å². The molecule has 0 fully saturated rings. The minimum absolute atomic E-state index is 0.0880. The van der Waals surface area contributed by atoms with E-state index in [0.717, 1.165) is 0 Å². The second-order valence-electron chi connectivity index (χ2n) is 2.20. The molecule has 0 N–H and O–H groups in total. The first-order valence-corrected chi connectivity index (χ1v) is 3.47. The molecular formula is C8H9F2N. The molecule has 0 unspecified atom stereocenters. The summed E-state index contributed by atoms with van der Waals surface area (Å²) in [6, 6.07) is 3.35. The van der Waals surface area contributed by atoms with Crippen LogP contribution in [0.3, 0.4) is 0 Å². The molecule has 0 aliphatic carbocycles. The molecule has 0 bridgehead atoms. The molecule has 1 heterocycles. The second-order valence-corrected chi connectivity index (χ2v) is 2.20. The molecule has 1 rings (SSSR count). The number of aromatic nitrogens is 1. The Kier molecular flexibility index (Phi) is 2.52. The molecule has 0 saturated heterocycles. The fourth-order valence-electron chi connectivity index (χ4n) is 0.946. The molecule has 0 atom stereocenters. The van der Waals surface area contributed by atoms with Gasteiger partial charge in [-0.3, -0.25) is 4.98 Å². The lowest BCUT2D eigenvalue weighted by Crippen LogP contribution is -1.95. The van der Waals surface area contributed by atoms with E-state index in [2.05, 4.69) is 4.98 Å². The van der Waals surface area contributed by atoms with Gasteiger partial charge in [-0.1, -0.05) is 13.0 Å². The van der Waals surface area contributed by atoms with Gasteiger partial charge in [-0.15, -0.1) is 0 Å². The third-order valence-corrected chi connectivity index (χ3v) is 1.51. The van der Waals surface area contributed by atoms with Crippen molar-refractivity contribution in [3.63, 3.8) is 0 Å². The van der Waals surface area contributed by atoms with E-state index in [-0.39, 0.29) is 5.69 Å². The number of nitrogens with zero attached hydrogens (tertiary/aromatic N) is 1. The van der Waals surface area contributed by atoms with Crippen LogP contribution >= 0.6 is 0 Å². The summed E-state index contributed by atoms with van der Waals surface area (Å²) in [5.41, 5.74) is 0.539. The zero-order valence-electron chi connectivity index (χ0n) is 6.22. The predicted octanol–water partition coefficient (Wildman–Crippen LogP) is 2.58. The molecule has 60 valence electrons. The highest BCUT2D eigenvalue weighted by molar-refractivity contribution is 5.20. The largest absolute Gasteiger partial charge is 0.280 e. The summed E-state index contributed by atoms with van der Waals surface area (Å²) in [4.78, 5) is 3.60. The molecule has 1 nitrogen and oxygen atoms in total. The molecule has 0 saturated carbocycles. The molecule has 0 aliphatic heterocycles. The highest BCUT2D eigenvalue weighted by atomic mass is 19.3. The minimum Gasteiger partial charge on any atom is -0.255 e. The Labute approximate surface area is 64.1 Å². The summed E-state index contributed by atoms with van der Waals surface area (Å²) < 4.78 is 24.3. The van der Waals surface area contributed by atoms with E-state index >= 15 is 0 Å². The van der Waals surface area contributed by atoms with Gasteiger partial charge in [0.25, 0.3) is 6.43 Å². The third kappa shape index (κ3) is 1.73. The Balaban J connectivity index is 3.02. The van der Waals surface area contributed by atoms with Crippen LogP contribution in [0, 0.1) is 0 Å². The highest BCUT2D eigenvalue weighted by Crippen LogP contribution is 2.19.